The summed E-state index contributed by atoms with van der Waals surface area (Å²) < 4.78 is 0. The van der Waals surface area contributed by atoms with Crippen molar-refractivity contribution in [2.45, 2.75) is 18.4 Å². The quantitative estimate of drug-likeness (QED) is 0.604. The minimum absolute atomic E-state index is 0.137. The highest BCUT2D eigenvalue weighted by Gasteiger charge is 2.10. The molecule has 0 radical (unpaired) electrons. The van der Waals surface area contributed by atoms with E-state index in [9.17, 15) is 4.79 Å². The average molecular weight is 300 g/mol. The maximum absolute atomic E-state index is 12.2. The van der Waals surface area contributed by atoms with E-state index in [1.54, 1.807) is 11.8 Å². The van der Waals surface area contributed by atoms with Crippen LogP contribution in [0.15, 0.2) is 47.4 Å². The smallest absolute Gasteiger partial charge is 0.176 e. The molecule has 0 atom stereocenters. The number of ketones is 1. The molecule has 1 heterocycles. The van der Waals surface area contributed by atoms with Gasteiger partial charge in [0.25, 0.3) is 0 Å². The van der Waals surface area contributed by atoms with E-state index in [2.05, 4.69) is 4.98 Å². The summed E-state index contributed by atoms with van der Waals surface area (Å²) in [5.41, 5.74) is 2.75. The van der Waals surface area contributed by atoms with E-state index in [-0.39, 0.29) is 5.78 Å². The van der Waals surface area contributed by atoms with Gasteiger partial charge in [-0.1, -0.05) is 18.2 Å². The zero-order valence-corrected chi connectivity index (χ0v) is 13.5. The Balaban J connectivity index is 1.95. The van der Waals surface area contributed by atoms with Gasteiger partial charge in [-0.2, -0.15) is 0 Å². The largest absolute Gasteiger partial charge is 0.293 e. The molecule has 1 aromatic heterocycles. The Kier molecular flexibility index (Phi) is 5.53. The fourth-order valence-corrected chi connectivity index (χ4v) is 2.54. The normalized spacial score (nSPS) is 10.9. The summed E-state index contributed by atoms with van der Waals surface area (Å²) in [6.07, 6.45) is 2.03. The summed E-state index contributed by atoms with van der Waals surface area (Å²) in [5.74, 6) is 0.137. The van der Waals surface area contributed by atoms with E-state index in [0.717, 1.165) is 17.0 Å². The first kappa shape index (κ1) is 15.7. The van der Waals surface area contributed by atoms with E-state index in [1.807, 2.05) is 67.6 Å². The molecule has 0 amide bonds. The Labute approximate surface area is 130 Å². The molecular weight excluding hydrogens is 280 g/mol. The van der Waals surface area contributed by atoms with Crippen LogP contribution in [0.25, 0.3) is 0 Å². The molecule has 0 aliphatic heterocycles. The van der Waals surface area contributed by atoms with Gasteiger partial charge in [-0.3, -0.25) is 14.7 Å². The second-order valence-electron chi connectivity index (χ2n) is 5.09. The average Bonchev–Trinajstić information content (AvgIpc) is 2.47. The van der Waals surface area contributed by atoms with Crippen LogP contribution < -0.4 is 0 Å². The molecule has 0 bridgehead atoms. The fourth-order valence-electron chi connectivity index (χ4n) is 2.13. The van der Waals surface area contributed by atoms with Gasteiger partial charge < -0.3 is 0 Å². The van der Waals surface area contributed by atoms with E-state index in [1.165, 1.54) is 4.90 Å². The van der Waals surface area contributed by atoms with Crippen LogP contribution in [0.5, 0.6) is 0 Å². The number of Topliss-reactive ketones (excluding diaryl/α,β-unsaturated/α-hetero) is 1. The Bertz CT molecular complexity index is 610. The monoisotopic (exact) mass is 300 g/mol. The summed E-state index contributed by atoms with van der Waals surface area (Å²) in [7, 11) is 1.94. The van der Waals surface area contributed by atoms with Crippen LogP contribution in [0.3, 0.4) is 0 Å². The van der Waals surface area contributed by atoms with Gasteiger partial charge in [-0.15, -0.1) is 11.8 Å². The molecule has 0 aliphatic carbocycles. The lowest BCUT2D eigenvalue weighted by molar-refractivity contribution is 0.0942. The number of hydrogen-bond donors (Lipinski definition) is 0. The number of carbonyl (C=O) groups is 1. The first-order chi connectivity index (χ1) is 10.1. The number of hydrogen-bond acceptors (Lipinski definition) is 4. The Morgan fingerprint density at radius 1 is 1.19 bits per heavy atom. The van der Waals surface area contributed by atoms with Gasteiger partial charge >= 0.3 is 0 Å². The predicted octanol–water partition coefficient (Wildman–Crippen LogP) is 3.43. The SMILES string of the molecule is CSc1ccc(C(=O)CN(C)Cc2cccc(C)n2)cc1. The predicted molar refractivity (Wildman–Crippen MR) is 87.9 cm³/mol. The fraction of sp³-hybridized carbons (Fsp3) is 0.294. The van der Waals surface area contributed by atoms with Gasteiger partial charge in [-0.05, 0) is 44.5 Å². The van der Waals surface area contributed by atoms with Crippen molar-refractivity contribution in [3.8, 4) is 0 Å². The van der Waals surface area contributed by atoms with E-state index < -0.39 is 0 Å². The van der Waals surface area contributed by atoms with Crippen LogP contribution in [-0.4, -0.2) is 35.5 Å². The standard InChI is InChI=1S/C17H20N2OS/c1-13-5-4-6-15(18-13)11-19(2)12-17(20)14-7-9-16(21-3)10-8-14/h4-10H,11-12H2,1-3H3. The highest BCUT2D eigenvalue weighted by Crippen LogP contribution is 2.15. The molecule has 2 aromatic rings. The number of pyridine rings is 1. The second-order valence-corrected chi connectivity index (χ2v) is 5.97. The first-order valence-electron chi connectivity index (χ1n) is 6.87. The van der Waals surface area contributed by atoms with Crippen LogP contribution in [0, 0.1) is 6.92 Å². The molecule has 2 rings (SSSR count). The molecule has 0 N–H and O–H groups in total. The van der Waals surface area contributed by atoms with Crippen molar-refractivity contribution < 1.29 is 4.79 Å². The third-order valence-corrected chi connectivity index (χ3v) is 3.95. The second kappa shape index (κ2) is 7.38. The number of aryl methyl sites for hydroxylation is 1. The van der Waals surface area contributed by atoms with Crippen molar-refractivity contribution in [3.63, 3.8) is 0 Å². The lowest BCUT2D eigenvalue weighted by Crippen LogP contribution is -2.26. The Hall–Kier alpha value is -1.65. The van der Waals surface area contributed by atoms with Gasteiger partial charge in [0.2, 0.25) is 0 Å². The topological polar surface area (TPSA) is 33.2 Å². The molecule has 3 nitrogen and oxygen atoms in total. The zero-order valence-electron chi connectivity index (χ0n) is 12.7. The highest BCUT2D eigenvalue weighted by molar-refractivity contribution is 7.98. The molecule has 0 saturated heterocycles. The molecule has 110 valence electrons. The number of benzene rings is 1. The molecule has 0 fully saturated rings. The number of aromatic nitrogens is 1. The maximum atomic E-state index is 12.2. The summed E-state index contributed by atoms with van der Waals surface area (Å²) in [6.45, 7) is 3.05. The van der Waals surface area contributed by atoms with Crippen molar-refractivity contribution in [1.82, 2.24) is 9.88 Å². The lowest BCUT2D eigenvalue weighted by Gasteiger charge is -2.15. The molecule has 1 aromatic carbocycles. The third-order valence-electron chi connectivity index (χ3n) is 3.20. The number of carbonyl (C=O) groups excluding carboxylic acids is 1. The van der Waals surface area contributed by atoms with Crippen LogP contribution in [0.4, 0.5) is 0 Å². The van der Waals surface area contributed by atoms with Crippen molar-refractivity contribution in [1.29, 1.82) is 0 Å². The van der Waals surface area contributed by atoms with Gasteiger partial charge in [0.05, 0.1) is 12.2 Å². The van der Waals surface area contributed by atoms with Crippen molar-refractivity contribution in [3.05, 3.63) is 59.4 Å². The van der Waals surface area contributed by atoms with E-state index in [0.29, 0.717) is 13.1 Å². The van der Waals surface area contributed by atoms with E-state index in [4.69, 9.17) is 0 Å². The molecule has 0 unspecified atom stereocenters. The van der Waals surface area contributed by atoms with Crippen LogP contribution in [0.2, 0.25) is 0 Å². The van der Waals surface area contributed by atoms with E-state index >= 15 is 0 Å². The number of rotatable bonds is 6. The van der Waals surface area contributed by atoms with Crippen molar-refractivity contribution in [2.24, 2.45) is 0 Å². The summed E-state index contributed by atoms with van der Waals surface area (Å²) in [6, 6.07) is 13.7. The van der Waals surface area contributed by atoms with Crippen LogP contribution in [0.1, 0.15) is 21.7 Å². The Morgan fingerprint density at radius 2 is 1.90 bits per heavy atom. The summed E-state index contributed by atoms with van der Waals surface area (Å²) in [5, 5.41) is 0. The van der Waals surface area contributed by atoms with Gasteiger partial charge in [0.15, 0.2) is 5.78 Å². The van der Waals surface area contributed by atoms with Crippen molar-refractivity contribution in [2.75, 3.05) is 19.8 Å². The van der Waals surface area contributed by atoms with Crippen molar-refractivity contribution >= 4 is 17.5 Å². The molecule has 0 saturated carbocycles. The van der Waals surface area contributed by atoms with Gasteiger partial charge in [-0.25, -0.2) is 0 Å². The maximum Gasteiger partial charge on any atom is 0.176 e. The highest BCUT2D eigenvalue weighted by atomic mass is 32.2. The Morgan fingerprint density at radius 3 is 2.52 bits per heavy atom. The molecule has 0 spiro atoms. The minimum Gasteiger partial charge on any atom is -0.293 e. The van der Waals surface area contributed by atoms with Gasteiger partial charge in [0.1, 0.15) is 0 Å². The number of likely N-dealkylation sites (N-methyl/N-ethyl adjacent to an activating group) is 1. The summed E-state index contributed by atoms with van der Waals surface area (Å²) in [4.78, 5) is 19.9. The molecular formula is C17H20N2OS. The van der Waals surface area contributed by atoms with Crippen LogP contribution in [-0.2, 0) is 6.54 Å². The number of thioether (sulfide) groups is 1. The van der Waals surface area contributed by atoms with Crippen LogP contribution >= 0.6 is 11.8 Å². The number of nitrogens with zero attached hydrogens (tertiary/aromatic N) is 2. The molecule has 21 heavy (non-hydrogen) atoms. The third kappa shape index (κ3) is 4.69. The lowest BCUT2D eigenvalue weighted by atomic mass is 10.1. The minimum atomic E-state index is 0.137. The van der Waals surface area contributed by atoms with Gasteiger partial charge in [0, 0.05) is 22.7 Å². The zero-order chi connectivity index (χ0) is 15.2. The molecule has 4 heteroatoms. The summed E-state index contributed by atoms with van der Waals surface area (Å²) >= 11 is 1.68. The first-order valence-corrected chi connectivity index (χ1v) is 8.09. The molecule has 0 aliphatic rings.